The standard InChI is InChI=1S/C14H14N4O4S/c1-15-23(20,21)8-3-4-9(11(7-8)22-2)13-17-10-5-6-16-14(19)12(10)18-13/h3-7,15H,1-2H3,(H,16,19)(H,17,18). The van der Waals surface area contributed by atoms with Crippen molar-refractivity contribution in [3.8, 4) is 17.1 Å². The van der Waals surface area contributed by atoms with Gasteiger partial charge < -0.3 is 14.7 Å². The SMILES string of the molecule is CNS(=O)(=O)c1ccc(-c2nc3c(=O)[nH]ccc3[nH]2)c(OC)c1. The van der Waals surface area contributed by atoms with Gasteiger partial charge in [-0.3, -0.25) is 4.79 Å². The molecule has 23 heavy (non-hydrogen) atoms. The Kier molecular flexibility index (Phi) is 3.66. The van der Waals surface area contributed by atoms with Crippen molar-refractivity contribution in [1.82, 2.24) is 19.7 Å². The first kappa shape index (κ1) is 15.3. The zero-order valence-electron chi connectivity index (χ0n) is 12.4. The summed E-state index contributed by atoms with van der Waals surface area (Å²) in [5, 5.41) is 0. The number of imidazole rings is 1. The Morgan fingerprint density at radius 3 is 2.70 bits per heavy atom. The number of rotatable bonds is 4. The molecule has 0 unspecified atom stereocenters. The van der Waals surface area contributed by atoms with Crippen molar-refractivity contribution in [3.05, 3.63) is 40.8 Å². The Balaban J connectivity index is 2.19. The smallest absolute Gasteiger partial charge is 0.276 e. The van der Waals surface area contributed by atoms with Gasteiger partial charge in [-0.2, -0.15) is 0 Å². The van der Waals surface area contributed by atoms with E-state index < -0.39 is 10.0 Å². The molecule has 0 bridgehead atoms. The van der Waals surface area contributed by atoms with E-state index in [1.165, 1.54) is 32.5 Å². The summed E-state index contributed by atoms with van der Waals surface area (Å²) in [4.78, 5) is 21.7. The number of ether oxygens (including phenoxy) is 1. The van der Waals surface area contributed by atoms with Gasteiger partial charge in [0.15, 0.2) is 5.52 Å². The monoisotopic (exact) mass is 334 g/mol. The number of aromatic nitrogens is 3. The van der Waals surface area contributed by atoms with Gasteiger partial charge in [0.05, 0.1) is 23.1 Å². The first-order valence-corrected chi connectivity index (χ1v) is 8.14. The van der Waals surface area contributed by atoms with Crippen LogP contribution in [-0.2, 0) is 10.0 Å². The van der Waals surface area contributed by atoms with E-state index in [1.54, 1.807) is 12.1 Å². The molecule has 2 heterocycles. The second kappa shape index (κ2) is 5.52. The van der Waals surface area contributed by atoms with Crippen molar-refractivity contribution in [1.29, 1.82) is 0 Å². The van der Waals surface area contributed by atoms with Crippen LogP contribution in [0.5, 0.6) is 5.75 Å². The number of nitrogens with zero attached hydrogens (tertiary/aromatic N) is 1. The fourth-order valence-electron chi connectivity index (χ4n) is 2.23. The van der Waals surface area contributed by atoms with E-state index in [0.717, 1.165) is 0 Å². The highest BCUT2D eigenvalue weighted by Crippen LogP contribution is 2.31. The molecular weight excluding hydrogens is 320 g/mol. The molecule has 8 nitrogen and oxygen atoms in total. The first-order valence-electron chi connectivity index (χ1n) is 6.65. The molecule has 3 rings (SSSR count). The van der Waals surface area contributed by atoms with Crippen LogP contribution >= 0.6 is 0 Å². The molecule has 120 valence electrons. The van der Waals surface area contributed by atoms with E-state index in [0.29, 0.717) is 22.7 Å². The van der Waals surface area contributed by atoms with Gasteiger partial charge in [0.1, 0.15) is 11.6 Å². The number of methoxy groups -OCH3 is 1. The Hall–Kier alpha value is -2.65. The number of H-pyrrole nitrogens is 2. The zero-order valence-corrected chi connectivity index (χ0v) is 13.2. The molecule has 9 heteroatoms. The molecule has 2 aromatic heterocycles. The Morgan fingerprint density at radius 1 is 1.26 bits per heavy atom. The Bertz CT molecular complexity index is 1040. The molecule has 0 atom stereocenters. The van der Waals surface area contributed by atoms with Crippen LogP contribution in [0.1, 0.15) is 0 Å². The van der Waals surface area contributed by atoms with Crippen LogP contribution in [0.4, 0.5) is 0 Å². The van der Waals surface area contributed by atoms with Crippen LogP contribution in [0.2, 0.25) is 0 Å². The minimum absolute atomic E-state index is 0.0783. The highest BCUT2D eigenvalue weighted by molar-refractivity contribution is 7.89. The fourth-order valence-corrected chi connectivity index (χ4v) is 2.97. The summed E-state index contributed by atoms with van der Waals surface area (Å²) < 4.78 is 31.2. The predicted octanol–water partition coefficient (Wildman–Crippen LogP) is 0.835. The molecule has 1 aromatic carbocycles. The van der Waals surface area contributed by atoms with Crippen molar-refractivity contribution in [2.45, 2.75) is 4.90 Å². The van der Waals surface area contributed by atoms with Gasteiger partial charge in [-0.15, -0.1) is 0 Å². The van der Waals surface area contributed by atoms with Gasteiger partial charge in [0.25, 0.3) is 5.56 Å². The molecule has 0 amide bonds. The Labute approximate surface area is 131 Å². The number of nitrogens with one attached hydrogen (secondary N) is 3. The van der Waals surface area contributed by atoms with Crippen LogP contribution in [-0.4, -0.2) is 37.5 Å². The third-order valence-corrected chi connectivity index (χ3v) is 4.83. The van der Waals surface area contributed by atoms with Gasteiger partial charge in [-0.25, -0.2) is 18.1 Å². The van der Waals surface area contributed by atoms with E-state index in [2.05, 4.69) is 19.7 Å². The molecule has 0 radical (unpaired) electrons. The second-order valence-corrected chi connectivity index (χ2v) is 6.61. The van der Waals surface area contributed by atoms with Crippen molar-refractivity contribution in [2.24, 2.45) is 0 Å². The van der Waals surface area contributed by atoms with Gasteiger partial charge in [0.2, 0.25) is 10.0 Å². The number of sulfonamides is 1. The quantitative estimate of drug-likeness (QED) is 0.653. The maximum Gasteiger partial charge on any atom is 0.276 e. The molecule has 0 fully saturated rings. The third-order valence-electron chi connectivity index (χ3n) is 3.42. The minimum Gasteiger partial charge on any atom is -0.496 e. The molecular formula is C14H14N4O4S. The normalized spacial score (nSPS) is 11.7. The second-order valence-electron chi connectivity index (χ2n) is 4.72. The summed E-state index contributed by atoms with van der Waals surface area (Å²) in [6, 6.07) is 6.12. The number of benzene rings is 1. The van der Waals surface area contributed by atoms with Crippen molar-refractivity contribution in [2.75, 3.05) is 14.2 Å². The maximum absolute atomic E-state index is 11.9. The molecule has 3 aromatic rings. The number of aromatic amines is 2. The number of hydrogen-bond donors (Lipinski definition) is 3. The highest BCUT2D eigenvalue weighted by atomic mass is 32.2. The lowest BCUT2D eigenvalue weighted by Gasteiger charge is -2.09. The van der Waals surface area contributed by atoms with Crippen LogP contribution in [0.25, 0.3) is 22.4 Å². The lowest BCUT2D eigenvalue weighted by molar-refractivity contribution is 0.415. The number of fused-ring (bicyclic) bond motifs is 1. The van der Waals surface area contributed by atoms with Crippen LogP contribution in [0.15, 0.2) is 40.2 Å². The van der Waals surface area contributed by atoms with Gasteiger partial charge in [-0.05, 0) is 25.2 Å². The summed E-state index contributed by atoms with van der Waals surface area (Å²) in [5.74, 6) is 0.749. The summed E-state index contributed by atoms with van der Waals surface area (Å²) in [6.07, 6.45) is 1.52. The largest absolute Gasteiger partial charge is 0.496 e. The molecule has 3 N–H and O–H groups in total. The summed E-state index contributed by atoms with van der Waals surface area (Å²) >= 11 is 0. The predicted molar refractivity (Wildman–Crippen MR) is 84.9 cm³/mol. The molecule has 0 saturated carbocycles. The minimum atomic E-state index is -3.58. The Morgan fingerprint density at radius 2 is 2.04 bits per heavy atom. The van der Waals surface area contributed by atoms with Crippen LogP contribution in [0, 0.1) is 0 Å². The van der Waals surface area contributed by atoms with E-state index in [9.17, 15) is 13.2 Å². The highest BCUT2D eigenvalue weighted by Gasteiger charge is 2.17. The molecule has 0 saturated heterocycles. The lowest BCUT2D eigenvalue weighted by Crippen LogP contribution is -2.18. The average molecular weight is 334 g/mol. The zero-order chi connectivity index (χ0) is 16.6. The summed E-state index contributed by atoms with van der Waals surface area (Å²) in [6.45, 7) is 0. The molecule has 0 spiro atoms. The van der Waals surface area contributed by atoms with E-state index >= 15 is 0 Å². The number of hydrogen-bond acceptors (Lipinski definition) is 5. The molecule has 0 aliphatic heterocycles. The van der Waals surface area contributed by atoms with Crippen molar-refractivity contribution >= 4 is 21.1 Å². The number of pyridine rings is 1. The van der Waals surface area contributed by atoms with Gasteiger partial charge in [0, 0.05) is 12.3 Å². The summed E-state index contributed by atoms with van der Waals surface area (Å²) in [5.41, 5.74) is 1.10. The van der Waals surface area contributed by atoms with Crippen LogP contribution < -0.4 is 15.0 Å². The maximum atomic E-state index is 11.9. The van der Waals surface area contributed by atoms with E-state index in [4.69, 9.17) is 4.74 Å². The fraction of sp³-hybridized carbons (Fsp3) is 0.143. The molecule has 0 aliphatic rings. The lowest BCUT2D eigenvalue weighted by atomic mass is 10.2. The average Bonchev–Trinajstić information content (AvgIpc) is 2.99. The van der Waals surface area contributed by atoms with Gasteiger partial charge in [-0.1, -0.05) is 0 Å². The van der Waals surface area contributed by atoms with Crippen LogP contribution in [0.3, 0.4) is 0 Å². The molecule has 0 aliphatic carbocycles. The third kappa shape index (κ3) is 2.60. The van der Waals surface area contributed by atoms with Crippen molar-refractivity contribution in [3.63, 3.8) is 0 Å². The van der Waals surface area contributed by atoms with Crippen molar-refractivity contribution < 1.29 is 13.2 Å². The topological polar surface area (TPSA) is 117 Å². The van der Waals surface area contributed by atoms with E-state index in [-0.39, 0.29) is 16.0 Å². The first-order chi connectivity index (χ1) is 11.0. The van der Waals surface area contributed by atoms with Gasteiger partial charge >= 0.3 is 0 Å². The summed E-state index contributed by atoms with van der Waals surface area (Å²) in [7, 11) is -0.808. The van der Waals surface area contributed by atoms with E-state index in [1.807, 2.05) is 0 Å².